The van der Waals surface area contributed by atoms with Gasteiger partial charge in [0.2, 0.25) is 0 Å². The van der Waals surface area contributed by atoms with Crippen LogP contribution in [0, 0.1) is 0 Å². The molecular formula is C29H36N6O2S. The van der Waals surface area contributed by atoms with E-state index in [0.29, 0.717) is 11.2 Å². The molecule has 2 aromatic carbocycles. The third-order valence-corrected chi connectivity index (χ3v) is 9.19. The van der Waals surface area contributed by atoms with Crippen molar-refractivity contribution in [3.05, 3.63) is 53.0 Å². The molecule has 0 spiro atoms. The second-order valence-corrected chi connectivity index (χ2v) is 11.6. The average molecular weight is 533 g/mol. The molecule has 1 aliphatic heterocycles. The molecule has 9 heteroatoms. The summed E-state index contributed by atoms with van der Waals surface area (Å²) in [6, 6.07) is 14.4. The number of benzene rings is 2. The van der Waals surface area contributed by atoms with E-state index in [9.17, 15) is 9.90 Å². The number of aromatic nitrogens is 2. The molecule has 0 bridgehead atoms. The number of carboxylic acid groups (broad SMARTS) is 1. The van der Waals surface area contributed by atoms with E-state index in [1.165, 1.54) is 15.1 Å². The van der Waals surface area contributed by atoms with Crippen molar-refractivity contribution in [2.75, 3.05) is 56.4 Å². The summed E-state index contributed by atoms with van der Waals surface area (Å²) in [5.41, 5.74) is 9.83. The molecule has 200 valence electrons. The van der Waals surface area contributed by atoms with Gasteiger partial charge >= 0.3 is 6.09 Å². The predicted molar refractivity (Wildman–Crippen MR) is 156 cm³/mol. The molecule has 0 amide bonds. The van der Waals surface area contributed by atoms with Gasteiger partial charge in [-0.05, 0) is 50.4 Å². The van der Waals surface area contributed by atoms with Gasteiger partial charge in [-0.2, -0.15) is 0 Å². The summed E-state index contributed by atoms with van der Waals surface area (Å²) < 4.78 is 1.42. The monoisotopic (exact) mass is 532 g/mol. The summed E-state index contributed by atoms with van der Waals surface area (Å²) in [7, 11) is 0. The van der Waals surface area contributed by atoms with Gasteiger partial charge in [-0.15, -0.1) is 11.3 Å². The van der Waals surface area contributed by atoms with Crippen molar-refractivity contribution in [1.82, 2.24) is 19.4 Å². The maximum atomic E-state index is 12.1. The van der Waals surface area contributed by atoms with Gasteiger partial charge < -0.3 is 15.7 Å². The van der Waals surface area contributed by atoms with E-state index in [-0.39, 0.29) is 0 Å². The average Bonchev–Trinajstić information content (AvgIpc) is 3.47. The minimum atomic E-state index is -0.942. The number of aryl methyl sites for hydroxylation is 1. The van der Waals surface area contributed by atoms with Crippen LogP contribution in [0.25, 0.3) is 21.8 Å². The first kappa shape index (κ1) is 25.2. The Bertz CT molecular complexity index is 1450. The summed E-state index contributed by atoms with van der Waals surface area (Å²) in [4.78, 5) is 25.7. The molecule has 3 heterocycles. The molecule has 3 N–H and O–H groups in total. The zero-order chi connectivity index (χ0) is 26.2. The molecular weight excluding hydrogens is 496 g/mol. The van der Waals surface area contributed by atoms with Gasteiger partial charge in [0.1, 0.15) is 0 Å². The Labute approximate surface area is 227 Å². The standard InChI is InChI=1S/C29H36N6O2S/c1-2-12-33(20-10-11-22-26(19-20)38-28(30)31-22)16-13-32-14-17-34(18-15-32)24-8-5-9-25-27(24)21-6-3-4-7-23(21)35(25)29(36)37/h3-9,20H,2,10-19H2,1H3,(H2,30,31)(H,36,37). The van der Waals surface area contributed by atoms with Crippen LogP contribution in [0.15, 0.2) is 42.5 Å². The molecule has 0 radical (unpaired) electrons. The number of nitrogens with zero attached hydrogens (tertiary/aromatic N) is 5. The van der Waals surface area contributed by atoms with E-state index in [4.69, 9.17) is 5.73 Å². The van der Waals surface area contributed by atoms with Crippen molar-refractivity contribution < 1.29 is 9.90 Å². The Hall–Kier alpha value is -3.14. The van der Waals surface area contributed by atoms with Crippen molar-refractivity contribution in [3.8, 4) is 0 Å². The first-order valence-electron chi connectivity index (χ1n) is 13.7. The number of fused-ring (bicyclic) bond motifs is 4. The van der Waals surface area contributed by atoms with Crippen molar-refractivity contribution in [1.29, 1.82) is 0 Å². The lowest BCUT2D eigenvalue weighted by Crippen LogP contribution is -2.50. The summed E-state index contributed by atoms with van der Waals surface area (Å²) in [5, 5.41) is 12.7. The Balaban J connectivity index is 1.13. The molecule has 1 fully saturated rings. The zero-order valence-electron chi connectivity index (χ0n) is 22.0. The number of thiazole rings is 1. The number of hydrogen-bond acceptors (Lipinski definition) is 7. The number of nitrogens with two attached hydrogens (primary N) is 1. The van der Waals surface area contributed by atoms with Crippen LogP contribution in [0.2, 0.25) is 0 Å². The molecule has 38 heavy (non-hydrogen) atoms. The van der Waals surface area contributed by atoms with E-state index < -0.39 is 6.09 Å². The molecule has 2 aliphatic rings. The van der Waals surface area contributed by atoms with E-state index >= 15 is 0 Å². The first-order valence-corrected chi connectivity index (χ1v) is 14.6. The van der Waals surface area contributed by atoms with Crippen LogP contribution in [0.4, 0.5) is 15.6 Å². The van der Waals surface area contributed by atoms with Crippen LogP contribution in [-0.2, 0) is 12.8 Å². The minimum absolute atomic E-state index is 0.577. The van der Waals surface area contributed by atoms with E-state index in [0.717, 1.165) is 99.0 Å². The van der Waals surface area contributed by atoms with Crippen LogP contribution in [0.1, 0.15) is 30.3 Å². The van der Waals surface area contributed by atoms with Crippen molar-refractivity contribution in [2.24, 2.45) is 0 Å². The molecule has 1 saturated heterocycles. The zero-order valence-corrected chi connectivity index (χ0v) is 22.8. The molecule has 0 saturated carbocycles. The summed E-state index contributed by atoms with van der Waals surface area (Å²) in [5.74, 6) is 0. The van der Waals surface area contributed by atoms with E-state index in [2.05, 4.69) is 32.7 Å². The summed E-state index contributed by atoms with van der Waals surface area (Å²) >= 11 is 1.67. The topological polar surface area (TPSA) is 90.9 Å². The molecule has 2 aromatic heterocycles. The van der Waals surface area contributed by atoms with Crippen LogP contribution >= 0.6 is 11.3 Å². The molecule has 1 unspecified atom stereocenters. The highest BCUT2D eigenvalue weighted by Crippen LogP contribution is 2.36. The van der Waals surface area contributed by atoms with E-state index in [1.807, 2.05) is 36.4 Å². The fourth-order valence-electron chi connectivity index (χ4n) is 6.41. The van der Waals surface area contributed by atoms with Crippen LogP contribution < -0.4 is 10.6 Å². The lowest BCUT2D eigenvalue weighted by molar-refractivity contribution is 0.146. The highest BCUT2D eigenvalue weighted by atomic mass is 32.1. The minimum Gasteiger partial charge on any atom is -0.464 e. The van der Waals surface area contributed by atoms with Gasteiger partial charge in [0, 0.05) is 66.6 Å². The molecule has 4 aromatic rings. The SMILES string of the molecule is CCCN(CCN1CCN(c2cccc3c2c2ccccc2n3C(=O)O)CC1)C1CCc2nc(N)sc2C1. The Morgan fingerprint density at radius 3 is 2.68 bits per heavy atom. The largest absolute Gasteiger partial charge is 0.464 e. The van der Waals surface area contributed by atoms with Gasteiger partial charge in [0.25, 0.3) is 0 Å². The van der Waals surface area contributed by atoms with Gasteiger partial charge in [-0.25, -0.2) is 14.3 Å². The van der Waals surface area contributed by atoms with Gasteiger partial charge in [-0.1, -0.05) is 31.2 Å². The van der Waals surface area contributed by atoms with Gasteiger partial charge in [0.15, 0.2) is 5.13 Å². The van der Waals surface area contributed by atoms with Crippen molar-refractivity contribution in [2.45, 2.75) is 38.6 Å². The number of hydrogen-bond donors (Lipinski definition) is 2. The smallest absolute Gasteiger partial charge is 0.416 e. The number of piperazine rings is 1. The third-order valence-electron chi connectivity index (χ3n) is 8.24. The number of carbonyl (C=O) groups is 1. The maximum Gasteiger partial charge on any atom is 0.416 e. The van der Waals surface area contributed by atoms with Crippen LogP contribution in [0.5, 0.6) is 0 Å². The first-order chi connectivity index (χ1) is 18.5. The fourth-order valence-corrected chi connectivity index (χ4v) is 7.36. The van der Waals surface area contributed by atoms with Gasteiger partial charge in [0.05, 0.1) is 16.7 Å². The summed E-state index contributed by atoms with van der Waals surface area (Å²) in [6.07, 6.45) is 3.50. The number of anilines is 2. The normalized spacial score (nSPS) is 18.5. The van der Waals surface area contributed by atoms with Crippen molar-refractivity contribution >= 4 is 50.1 Å². The quantitative estimate of drug-likeness (QED) is 0.355. The molecule has 6 rings (SSSR count). The van der Waals surface area contributed by atoms with Gasteiger partial charge in [-0.3, -0.25) is 9.80 Å². The summed E-state index contributed by atoms with van der Waals surface area (Å²) in [6.45, 7) is 9.45. The third kappa shape index (κ3) is 4.63. The Morgan fingerprint density at radius 1 is 1.11 bits per heavy atom. The molecule has 1 aliphatic carbocycles. The second-order valence-electron chi connectivity index (χ2n) is 10.5. The van der Waals surface area contributed by atoms with Crippen LogP contribution in [0.3, 0.4) is 0 Å². The number of rotatable bonds is 7. The second kappa shape index (κ2) is 10.6. The lowest BCUT2D eigenvalue weighted by atomic mass is 9.96. The Morgan fingerprint density at radius 2 is 1.89 bits per heavy atom. The maximum absolute atomic E-state index is 12.1. The Kier molecular flexibility index (Phi) is 6.99. The van der Waals surface area contributed by atoms with Crippen LogP contribution in [-0.4, -0.2) is 82.4 Å². The van der Waals surface area contributed by atoms with E-state index in [1.54, 1.807) is 11.3 Å². The highest BCUT2D eigenvalue weighted by Gasteiger charge is 2.28. The number of para-hydroxylation sites is 1. The van der Waals surface area contributed by atoms with Crippen molar-refractivity contribution in [3.63, 3.8) is 0 Å². The molecule has 1 atom stereocenters. The highest BCUT2D eigenvalue weighted by molar-refractivity contribution is 7.15. The fraction of sp³-hybridized carbons (Fsp3) is 0.448. The lowest BCUT2D eigenvalue weighted by Gasteiger charge is -2.39. The number of nitrogen functional groups attached to an aromatic ring is 1. The predicted octanol–water partition coefficient (Wildman–Crippen LogP) is 4.75. The molecule has 8 nitrogen and oxygen atoms in total.